The van der Waals surface area contributed by atoms with E-state index in [1.165, 1.54) is 26.2 Å². The zero-order valence-electron chi connectivity index (χ0n) is 20.3. The van der Waals surface area contributed by atoms with Crippen molar-refractivity contribution in [3.63, 3.8) is 0 Å². The first kappa shape index (κ1) is 29.9. The van der Waals surface area contributed by atoms with Gasteiger partial charge in [0.25, 0.3) is 16.0 Å². The van der Waals surface area contributed by atoms with Crippen molar-refractivity contribution in [3.05, 3.63) is 81.8 Å². The molecule has 9 nitrogen and oxygen atoms in total. The van der Waals surface area contributed by atoms with E-state index in [1.54, 1.807) is 42.5 Å². The van der Waals surface area contributed by atoms with Crippen molar-refractivity contribution in [3.8, 4) is 11.5 Å². The third-order valence-electron chi connectivity index (χ3n) is 5.42. The molecule has 0 spiro atoms. The van der Waals surface area contributed by atoms with E-state index in [9.17, 15) is 22.9 Å². The summed E-state index contributed by atoms with van der Waals surface area (Å²) in [5.41, 5.74) is -0.00649. The predicted octanol–water partition coefficient (Wildman–Crippen LogP) is 3.46. The molecular weight excluding hydrogens is 564 g/mol. The maximum Gasteiger partial charge on any atom is 1.00 e. The largest absolute Gasteiger partial charge is 1.00 e. The van der Waals surface area contributed by atoms with Gasteiger partial charge in [-0.15, -0.1) is 5.11 Å². The minimum absolute atomic E-state index is 0. The van der Waals surface area contributed by atoms with Crippen molar-refractivity contribution in [1.82, 2.24) is 0 Å². The van der Waals surface area contributed by atoms with Crippen LogP contribution >= 0.6 is 23.2 Å². The van der Waals surface area contributed by atoms with Gasteiger partial charge in [-0.1, -0.05) is 59.3 Å². The Balaban J connectivity index is 0.00000400. The Bertz CT molecular complexity index is 1700. The number of nitrogens with zero attached hydrogens (tertiary/aromatic N) is 2. The molecule has 0 aliphatic rings. The average Bonchev–Trinajstić information content (AvgIpc) is 2.83. The van der Waals surface area contributed by atoms with E-state index in [0.717, 1.165) is 6.07 Å². The number of amides is 1. The van der Waals surface area contributed by atoms with Crippen molar-refractivity contribution in [2.75, 3.05) is 12.4 Å². The van der Waals surface area contributed by atoms with Crippen LogP contribution in [0.4, 0.5) is 17.1 Å². The van der Waals surface area contributed by atoms with E-state index in [0.29, 0.717) is 10.8 Å². The van der Waals surface area contributed by atoms with E-state index in [-0.39, 0.29) is 73.5 Å². The summed E-state index contributed by atoms with van der Waals surface area (Å²) in [5, 5.41) is 25.3. The number of nitrogens with one attached hydrogen (secondary N) is 1. The number of carbonyl (C=O) groups excluding carboxylic acids is 1. The van der Waals surface area contributed by atoms with Crippen LogP contribution in [0, 0.1) is 6.92 Å². The number of anilines is 1. The molecule has 4 aromatic carbocycles. The van der Waals surface area contributed by atoms with Crippen LogP contribution in [0.5, 0.6) is 11.5 Å². The molecule has 0 aromatic heterocycles. The Morgan fingerprint density at radius 3 is 2.42 bits per heavy atom. The van der Waals surface area contributed by atoms with Crippen LogP contribution < -0.4 is 44.7 Å². The van der Waals surface area contributed by atoms with Crippen LogP contribution in [0.15, 0.2) is 75.8 Å². The minimum atomic E-state index is -4.55. The van der Waals surface area contributed by atoms with Crippen LogP contribution in [0.25, 0.3) is 10.8 Å². The SMILES string of the molecule is COc1c(Cl)cccc1NC(=O)c1cc2ccccc2c(N=Nc2cc(S(=O)(=O)O)c(C)cc2Cl)c1[O-].[Na+]. The predicted molar refractivity (Wildman–Crippen MR) is 140 cm³/mol. The fourth-order valence-corrected chi connectivity index (χ4v) is 4.92. The van der Waals surface area contributed by atoms with Gasteiger partial charge in [0.1, 0.15) is 5.69 Å². The second-order valence-electron chi connectivity index (χ2n) is 7.84. The van der Waals surface area contributed by atoms with E-state index in [2.05, 4.69) is 15.5 Å². The molecule has 0 aliphatic carbocycles. The second kappa shape index (κ2) is 12.0. The number of hydrogen-bond donors (Lipinski definition) is 2. The number of rotatable bonds is 6. The molecule has 13 heteroatoms. The molecule has 0 aliphatic heterocycles. The number of methoxy groups -OCH3 is 1. The van der Waals surface area contributed by atoms with Gasteiger partial charge in [-0.3, -0.25) is 9.35 Å². The average molecular weight is 582 g/mol. The van der Waals surface area contributed by atoms with E-state index >= 15 is 0 Å². The molecule has 0 atom stereocenters. The van der Waals surface area contributed by atoms with Crippen LogP contribution in [-0.4, -0.2) is 26.0 Å². The monoisotopic (exact) mass is 581 g/mol. The minimum Gasteiger partial charge on any atom is -0.870 e. The summed E-state index contributed by atoms with van der Waals surface area (Å²) in [4.78, 5) is 12.7. The number of halogens is 2. The summed E-state index contributed by atoms with van der Waals surface area (Å²) in [7, 11) is -3.15. The summed E-state index contributed by atoms with van der Waals surface area (Å²) in [6.45, 7) is 1.45. The molecule has 0 bridgehead atoms. The molecule has 2 N–H and O–H groups in total. The van der Waals surface area contributed by atoms with Crippen molar-refractivity contribution in [2.24, 2.45) is 10.2 Å². The van der Waals surface area contributed by atoms with Gasteiger partial charge in [0.05, 0.1) is 33.4 Å². The third kappa shape index (κ3) is 6.13. The van der Waals surface area contributed by atoms with E-state index in [1.807, 2.05) is 0 Å². The van der Waals surface area contributed by atoms with Gasteiger partial charge in [0.15, 0.2) is 5.75 Å². The first-order chi connectivity index (χ1) is 17.5. The summed E-state index contributed by atoms with van der Waals surface area (Å²) in [5.74, 6) is -1.22. The van der Waals surface area contributed by atoms with Crippen molar-refractivity contribution >= 4 is 67.1 Å². The normalized spacial score (nSPS) is 11.4. The molecule has 4 aromatic rings. The Kier molecular flexibility index (Phi) is 9.43. The molecule has 190 valence electrons. The Hall–Kier alpha value is -2.70. The molecule has 38 heavy (non-hydrogen) atoms. The van der Waals surface area contributed by atoms with E-state index in [4.69, 9.17) is 27.9 Å². The van der Waals surface area contributed by atoms with Crippen LogP contribution in [0.2, 0.25) is 10.0 Å². The molecule has 1 amide bonds. The zero-order valence-corrected chi connectivity index (χ0v) is 24.6. The number of para-hydroxylation sites is 1. The van der Waals surface area contributed by atoms with Crippen LogP contribution in [-0.2, 0) is 10.1 Å². The van der Waals surface area contributed by atoms with Gasteiger partial charge in [0, 0.05) is 10.9 Å². The first-order valence-electron chi connectivity index (χ1n) is 10.6. The van der Waals surface area contributed by atoms with Crippen LogP contribution in [0.3, 0.4) is 0 Å². The van der Waals surface area contributed by atoms with Gasteiger partial charge in [0.2, 0.25) is 0 Å². The zero-order chi connectivity index (χ0) is 26.9. The van der Waals surface area contributed by atoms with Gasteiger partial charge in [-0.25, -0.2) is 0 Å². The maximum atomic E-state index is 13.4. The number of azo groups is 1. The topological polar surface area (TPSA) is 140 Å². The van der Waals surface area contributed by atoms with Gasteiger partial charge < -0.3 is 15.2 Å². The number of benzene rings is 4. The smallest absolute Gasteiger partial charge is 0.870 e. The fraction of sp³-hybridized carbons (Fsp3) is 0.0800. The van der Waals surface area contributed by atoms with Crippen molar-refractivity contribution in [2.45, 2.75) is 11.8 Å². The number of hydrogen-bond acceptors (Lipinski definition) is 7. The Morgan fingerprint density at radius 1 is 1.03 bits per heavy atom. The maximum absolute atomic E-state index is 13.4. The molecule has 4 rings (SSSR count). The van der Waals surface area contributed by atoms with Crippen molar-refractivity contribution < 1.29 is 57.2 Å². The molecule has 0 fully saturated rings. The molecule has 0 unspecified atom stereocenters. The quantitative estimate of drug-likeness (QED) is 0.203. The molecule has 0 saturated heterocycles. The molecule has 0 heterocycles. The number of ether oxygens (including phenoxy) is 1. The third-order valence-corrected chi connectivity index (χ3v) is 7.02. The standard InChI is InChI=1S/C25H19Cl2N3O6S.Na/c1-13-10-18(27)20(12-21(13)37(33,34)35)29-30-22-15-7-4-3-6-14(15)11-16(23(22)31)25(32)28-19-9-5-8-17(26)24(19)36-2;/h3-12,31H,1-2H3,(H,28,32)(H,33,34,35);/q;+1/p-1. The Morgan fingerprint density at radius 2 is 1.74 bits per heavy atom. The summed E-state index contributed by atoms with van der Waals surface area (Å²) in [6.07, 6.45) is 0. The van der Waals surface area contributed by atoms with Gasteiger partial charge in [-0.2, -0.15) is 13.5 Å². The van der Waals surface area contributed by atoms with E-state index < -0.39 is 26.7 Å². The second-order valence-corrected chi connectivity index (χ2v) is 10.0. The van der Waals surface area contributed by atoms with Gasteiger partial charge >= 0.3 is 29.6 Å². The first-order valence-corrected chi connectivity index (χ1v) is 12.8. The van der Waals surface area contributed by atoms with Gasteiger partial charge in [-0.05, 0) is 48.2 Å². The number of carbonyl (C=O) groups is 1. The van der Waals surface area contributed by atoms with Crippen molar-refractivity contribution in [1.29, 1.82) is 0 Å². The number of aryl methyl sites for hydroxylation is 1. The fourth-order valence-electron chi connectivity index (χ4n) is 3.68. The molecular formula is C25H18Cl2N3NaO6S. The summed E-state index contributed by atoms with van der Waals surface area (Å²) >= 11 is 12.3. The van der Waals surface area contributed by atoms with Crippen LogP contribution in [0.1, 0.15) is 15.9 Å². The summed E-state index contributed by atoms with van der Waals surface area (Å²) in [6, 6.07) is 15.3. The molecule has 0 saturated carbocycles. The Labute approximate surface area is 250 Å². The number of fused-ring (bicyclic) bond motifs is 1. The molecule has 0 radical (unpaired) electrons. The summed E-state index contributed by atoms with van der Waals surface area (Å²) < 4.78 is 38.1.